The van der Waals surface area contributed by atoms with Crippen LogP contribution in [0.3, 0.4) is 0 Å². The van der Waals surface area contributed by atoms with E-state index in [1.807, 2.05) is 0 Å². The Morgan fingerprint density at radius 2 is 1.43 bits per heavy atom. The SMILES string of the molecule is CCCCCC1(CCC2CCC(CCCF)CC2)CCCCC1. The number of hydrogen-bond acceptors (Lipinski definition) is 0. The maximum atomic E-state index is 12.3. The molecule has 2 rings (SSSR count). The van der Waals surface area contributed by atoms with E-state index in [1.54, 1.807) is 0 Å². The molecule has 0 nitrogen and oxygen atoms in total. The third-order valence-electron chi connectivity index (χ3n) is 7.02. The van der Waals surface area contributed by atoms with E-state index in [0.29, 0.717) is 0 Å². The summed E-state index contributed by atoms with van der Waals surface area (Å²) in [6, 6.07) is 0. The van der Waals surface area contributed by atoms with Crippen LogP contribution in [0, 0.1) is 17.3 Å². The summed E-state index contributed by atoms with van der Waals surface area (Å²) in [5.74, 6) is 1.83. The van der Waals surface area contributed by atoms with Gasteiger partial charge < -0.3 is 0 Å². The first kappa shape index (κ1) is 19.3. The van der Waals surface area contributed by atoms with Crippen molar-refractivity contribution < 1.29 is 4.39 Å². The minimum atomic E-state index is -0.111. The van der Waals surface area contributed by atoms with Crippen molar-refractivity contribution in [1.82, 2.24) is 0 Å². The molecule has 0 amide bonds. The molecule has 0 unspecified atom stereocenters. The molecule has 0 N–H and O–H groups in total. The Balaban J connectivity index is 1.71. The van der Waals surface area contributed by atoms with Crippen molar-refractivity contribution in [3.8, 4) is 0 Å². The monoisotopic (exact) mass is 324 g/mol. The van der Waals surface area contributed by atoms with Gasteiger partial charge in [-0.3, -0.25) is 4.39 Å². The average molecular weight is 325 g/mol. The lowest BCUT2D eigenvalue weighted by Gasteiger charge is -2.39. The standard InChI is InChI=1S/C22H41F/c1-2-3-5-15-22(16-6-4-7-17-22)18-14-21-12-10-20(11-13-21)9-8-19-23/h20-21H,2-19H2,1H3. The summed E-state index contributed by atoms with van der Waals surface area (Å²) in [6.07, 6.45) is 23.8. The topological polar surface area (TPSA) is 0 Å². The van der Waals surface area contributed by atoms with Crippen LogP contribution < -0.4 is 0 Å². The van der Waals surface area contributed by atoms with Gasteiger partial charge in [0.05, 0.1) is 6.67 Å². The fraction of sp³-hybridized carbons (Fsp3) is 1.00. The summed E-state index contributed by atoms with van der Waals surface area (Å²) in [4.78, 5) is 0. The highest BCUT2D eigenvalue weighted by Crippen LogP contribution is 2.46. The zero-order chi connectivity index (χ0) is 16.4. The molecule has 0 saturated heterocycles. The molecule has 1 heteroatoms. The Hall–Kier alpha value is -0.0700. The summed E-state index contributed by atoms with van der Waals surface area (Å²) < 4.78 is 12.3. The van der Waals surface area contributed by atoms with E-state index in [-0.39, 0.29) is 6.67 Å². The first-order valence-electron chi connectivity index (χ1n) is 10.8. The summed E-state index contributed by atoms with van der Waals surface area (Å²) >= 11 is 0. The molecule has 2 fully saturated rings. The highest BCUT2D eigenvalue weighted by Gasteiger charge is 2.32. The molecule has 23 heavy (non-hydrogen) atoms. The lowest BCUT2D eigenvalue weighted by molar-refractivity contribution is 0.128. The van der Waals surface area contributed by atoms with Crippen LogP contribution in [0.2, 0.25) is 0 Å². The zero-order valence-corrected chi connectivity index (χ0v) is 15.8. The lowest BCUT2D eigenvalue weighted by atomic mass is 9.66. The Morgan fingerprint density at radius 3 is 2.04 bits per heavy atom. The number of alkyl halides is 1. The largest absolute Gasteiger partial charge is 0.251 e. The predicted octanol–water partition coefficient (Wildman–Crippen LogP) is 7.85. The van der Waals surface area contributed by atoms with Gasteiger partial charge in [0.25, 0.3) is 0 Å². The molecule has 2 saturated carbocycles. The van der Waals surface area contributed by atoms with E-state index in [2.05, 4.69) is 6.92 Å². The second kappa shape index (κ2) is 10.7. The predicted molar refractivity (Wildman–Crippen MR) is 99.6 cm³/mol. The molecule has 0 aromatic carbocycles. The van der Waals surface area contributed by atoms with E-state index >= 15 is 0 Å². The smallest absolute Gasteiger partial charge is 0.0894 e. The molecular formula is C22H41F. The molecule has 0 aliphatic heterocycles. The number of rotatable bonds is 10. The van der Waals surface area contributed by atoms with Crippen molar-refractivity contribution in [2.24, 2.45) is 17.3 Å². The molecule has 0 radical (unpaired) electrons. The van der Waals surface area contributed by atoms with Crippen LogP contribution in [0.15, 0.2) is 0 Å². The molecule has 0 bridgehead atoms. The molecule has 0 aromatic heterocycles. The summed E-state index contributed by atoms with van der Waals surface area (Å²) in [7, 11) is 0. The van der Waals surface area contributed by atoms with E-state index < -0.39 is 0 Å². The highest BCUT2D eigenvalue weighted by atomic mass is 19.1. The van der Waals surface area contributed by atoms with E-state index in [1.165, 1.54) is 96.3 Å². The van der Waals surface area contributed by atoms with Crippen molar-refractivity contribution >= 4 is 0 Å². The van der Waals surface area contributed by atoms with Gasteiger partial charge in [-0.05, 0) is 62.2 Å². The maximum Gasteiger partial charge on any atom is 0.0894 e. The van der Waals surface area contributed by atoms with Gasteiger partial charge in [0.1, 0.15) is 0 Å². The molecular weight excluding hydrogens is 283 g/mol. The van der Waals surface area contributed by atoms with E-state index in [0.717, 1.165) is 30.1 Å². The van der Waals surface area contributed by atoms with Crippen LogP contribution in [0.4, 0.5) is 4.39 Å². The first-order chi connectivity index (χ1) is 11.3. The minimum Gasteiger partial charge on any atom is -0.251 e. The zero-order valence-electron chi connectivity index (χ0n) is 15.8. The molecule has 0 heterocycles. The Morgan fingerprint density at radius 1 is 0.783 bits per heavy atom. The van der Waals surface area contributed by atoms with Gasteiger partial charge in [0, 0.05) is 0 Å². The second-order valence-corrected chi connectivity index (χ2v) is 8.77. The van der Waals surface area contributed by atoms with Gasteiger partial charge in [-0.2, -0.15) is 0 Å². The maximum absolute atomic E-state index is 12.3. The van der Waals surface area contributed by atoms with Gasteiger partial charge in [-0.15, -0.1) is 0 Å². The van der Waals surface area contributed by atoms with Gasteiger partial charge >= 0.3 is 0 Å². The molecule has 0 spiro atoms. The Labute approximate surface area is 145 Å². The average Bonchev–Trinajstić information content (AvgIpc) is 2.60. The van der Waals surface area contributed by atoms with Crippen LogP contribution in [-0.2, 0) is 0 Å². The molecule has 136 valence electrons. The molecule has 0 aromatic rings. The highest BCUT2D eigenvalue weighted by molar-refractivity contribution is 4.84. The molecule has 0 atom stereocenters. The number of unbranched alkanes of at least 4 members (excludes halogenated alkanes) is 2. The van der Waals surface area contributed by atoms with Crippen LogP contribution in [0.25, 0.3) is 0 Å². The van der Waals surface area contributed by atoms with E-state index in [4.69, 9.17) is 0 Å². The van der Waals surface area contributed by atoms with Crippen LogP contribution in [-0.4, -0.2) is 6.67 Å². The quantitative estimate of drug-likeness (QED) is 0.359. The molecule has 2 aliphatic carbocycles. The Bertz CT molecular complexity index is 284. The summed E-state index contributed by atoms with van der Waals surface area (Å²) in [6.45, 7) is 2.22. The van der Waals surface area contributed by atoms with E-state index in [9.17, 15) is 4.39 Å². The van der Waals surface area contributed by atoms with Crippen molar-refractivity contribution in [2.75, 3.05) is 6.67 Å². The van der Waals surface area contributed by atoms with Crippen molar-refractivity contribution in [1.29, 1.82) is 0 Å². The number of halogens is 1. The van der Waals surface area contributed by atoms with Crippen LogP contribution in [0.1, 0.15) is 116 Å². The third-order valence-corrected chi connectivity index (χ3v) is 7.02. The van der Waals surface area contributed by atoms with Crippen molar-refractivity contribution in [2.45, 2.75) is 116 Å². The van der Waals surface area contributed by atoms with Crippen LogP contribution >= 0.6 is 0 Å². The normalized spacial score (nSPS) is 27.9. The Kier molecular flexibility index (Phi) is 8.98. The van der Waals surface area contributed by atoms with Gasteiger partial charge in [0.2, 0.25) is 0 Å². The first-order valence-corrected chi connectivity index (χ1v) is 10.8. The minimum absolute atomic E-state index is 0.111. The number of hydrogen-bond donors (Lipinski definition) is 0. The van der Waals surface area contributed by atoms with Crippen LogP contribution in [0.5, 0.6) is 0 Å². The van der Waals surface area contributed by atoms with Gasteiger partial charge in [-0.1, -0.05) is 71.1 Å². The van der Waals surface area contributed by atoms with Gasteiger partial charge in [0.15, 0.2) is 0 Å². The lowest BCUT2D eigenvalue weighted by Crippen LogP contribution is -2.26. The fourth-order valence-corrected chi connectivity index (χ4v) is 5.36. The van der Waals surface area contributed by atoms with Gasteiger partial charge in [-0.25, -0.2) is 0 Å². The summed E-state index contributed by atoms with van der Waals surface area (Å²) in [5, 5.41) is 0. The van der Waals surface area contributed by atoms with Crippen molar-refractivity contribution in [3.05, 3.63) is 0 Å². The summed E-state index contributed by atoms with van der Waals surface area (Å²) in [5.41, 5.74) is 0.721. The third kappa shape index (κ3) is 6.75. The van der Waals surface area contributed by atoms with Crippen molar-refractivity contribution in [3.63, 3.8) is 0 Å². The fourth-order valence-electron chi connectivity index (χ4n) is 5.36. The second-order valence-electron chi connectivity index (χ2n) is 8.77. The molecule has 2 aliphatic rings.